The molecule has 1 heterocycles. The standard InChI is InChI=1S/C12H10F2N2O/c13-9-4-2-5-10(14)12(9)17-7-8-3-1-6-11(15)16-8/h1-6H,7H2,(H2,15,16). The van der Waals surface area contributed by atoms with Gasteiger partial charge in [0.25, 0.3) is 0 Å². The van der Waals surface area contributed by atoms with Gasteiger partial charge in [0, 0.05) is 0 Å². The van der Waals surface area contributed by atoms with Crippen molar-refractivity contribution in [3.8, 4) is 5.75 Å². The number of nitrogen functional groups attached to an aromatic ring is 1. The number of anilines is 1. The number of rotatable bonds is 3. The second-order valence-electron chi connectivity index (χ2n) is 3.39. The van der Waals surface area contributed by atoms with E-state index in [0.717, 1.165) is 12.1 Å². The zero-order valence-electron chi connectivity index (χ0n) is 8.86. The molecular weight excluding hydrogens is 226 g/mol. The fourth-order valence-electron chi connectivity index (χ4n) is 1.35. The van der Waals surface area contributed by atoms with Gasteiger partial charge in [-0.15, -0.1) is 0 Å². The van der Waals surface area contributed by atoms with Crippen molar-refractivity contribution in [3.05, 3.63) is 53.7 Å². The Hall–Kier alpha value is -2.17. The zero-order chi connectivity index (χ0) is 12.3. The van der Waals surface area contributed by atoms with Gasteiger partial charge in [0.2, 0.25) is 0 Å². The second-order valence-corrected chi connectivity index (χ2v) is 3.39. The number of hydrogen-bond acceptors (Lipinski definition) is 3. The largest absolute Gasteiger partial charge is 0.481 e. The summed E-state index contributed by atoms with van der Waals surface area (Å²) in [5.41, 5.74) is 5.98. The average molecular weight is 236 g/mol. The lowest BCUT2D eigenvalue weighted by Crippen LogP contribution is -2.03. The predicted molar refractivity (Wildman–Crippen MR) is 59.3 cm³/mol. The first-order chi connectivity index (χ1) is 8.16. The summed E-state index contributed by atoms with van der Waals surface area (Å²) in [5, 5.41) is 0. The van der Waals surface area contributed by atoms with E-state index in [0.29, 0.717) is 11.5 Å². The fourth-order valence-corrected chi connectivity index (χ4v) is 1.35. The molecule has 0 aliphatic rings. The van der Waals surface area contributed by atoms with Gasteiger partial charge in [0.15, 0.2) is 17.4 Å². The number of aromatic nitrogens is 1. The van der Waals surface area contributed by atoms with E-state index in [-0.39, 0.29) is 6.61 Å². The molecule has 1 aromatic heterocycles. The summed E-state index contributed by atoms with van der Waals surface area (Å²) in [6.45, 7) is -0.0388. The highest BCUT2D eigenvalue weighted by Crippen LogP contribution is 2.21. The number of nitrogens with zero attached hydrogens (tertiary/aromatic N) is 1. The minimum Gasteiger partial charge on any atom is -0.481 e. The van der Waals surface area contributed by atoms with Crippen LogP contribution < -0.4 is 10.5 Å². The molecular formula is C12H10F2N2O. The van der Waals surface area contributed by atoms with Crippen LogP contribution in [0.2, 0.25) is 0 Å². The van der Waals surface area contributed by atoms with Crippen LogP contribution in [0, 0.1) is 11.6 Å². The van der Waals surface area contributed by atoms with Gasteiger partial charge < -0.3 is 10.5 Å². The number of halogens is 2. The molecule has 0 unspecified atom stereocenters. The Morgan fingerprint density at radius 2 is 1.71 bits per heavy atom. The highest BCUT2D eigenvalue weighted by atomic mass is 19.1. The first-order valence-electron chi connectivity index (χ1n) is 4.95. The van der Waals surface area contributed by atoms with Crippen molar-refractivity contribution in [2.75, 3.05) is 5.73 Å². The van der Waals surface area contributed by atoms with Crippen LogP contribution in [0.1, 0.15) is 5.69 Å². The molecule has 0 saturated heterocycles. The molecule has 17 heavy (non-hydrogen) atoms. The third kappa shape index (κ3) is 2.69. The van der Waals surface area contributed by atoms with Gasteiger partial charge >= 0.3 is 0 Å². The lowest BCUT2D eigenvalue weighted by molar-refractivity contribution is 0.270. The number of nitrogens with two attached hydrogens (primary N) is 1. The summed E-state index contributed by atoms with van der Waals surface area (Å²) in [7, 11) is 0. The van der Waals surface area contributed by atoms with Gasteiger partial charge in [0.05, 0.1) is 5.69 Å². The van der Waals surface area contributed by atoms with Gasteiger partial charge in [-0.2, -0.15) is 0 Å². The van der Waals surface area contributed by atoms with Crippen molar-refractivity contribution in [2.45, 2.75) is 6.61 Å². The average Bonchev–Trinajstić information content (AvgIpc) is 2.28. The molecule has 88 valence electrons. The van der Waals surface area contributed by atoms with Crippen LogP contribution in [0.25, 0.3) is 0 Å². The predicted octanol–water partition coefficient (Wildman–Crippen LogP) is 2.52. The number of pyridine rings is 1. The summed E-state index contributed by atoms with van der Waals surface area (Å²) >= 11 is 0. The van der Waals surface area contributed by atoms with E-state index in [4.69, 9.17) is 10.5 Å². The van der Waals surface area contributed by atoms with Crippen molar-refractivity contribution in [2.24, 2.45) is 0 Å². The summed E-state index contributed by atoms with van der Waals surface area (Å²) in [5.74, 6) is -1.56. The molecule has 0 saturated carbocycles. The molecule has 0 aliphatic carbocycles. The lowest BCUT2D eigenvalue weighted by Gasteiger charge is -2.07. The summed E-state index contributed by atoms with van der Waals surface area (Å²) in [6, 6.07) is 8.51. The van der Waals surface area contributed by atoms with Gasteiger partial charge in [-0.25, -0.2) is 13.8 Å². The Bertz CT molecular complexity index is 511. The molecule has 0 radical (unpaired) electrons. The number of hydrogen-bond donors (Lipinski definition) is 1. The summed E-state index contributed by atoms with van der Waals surface area (Å²) in [4.78, 5) is 3.96. The SMILES string of the molecule is Nc1cccc(COc2c(F)cccc2F)n1. The van der Waals surface area contributed by atoms with E-state index >= 15 is 0 Å². The number of benzene rings is 1. The lowest BCUT2D eigenvalue weighted by atomic mass is 10.3. The number of para-hydroxylation sites is 1. The monoisotopic (exact) mass is 236 g/mol. The van der Waals surface area contributed by atoms with Crippen molar-refractivity contribution < 1.29 is 13.5 Å². The molecule has 5 heteroatoms. The van der Waals surface area contributed by atoms with Crippen molar-refractivity contribution in [1.29, 1.82) is 0 Å². The van der Waals surface area contributed by atoms with E-state index in [1.807, 2.05) is 0 Å². The third-order valence-electron chi connectivity index (χ3n) is 2.11. The van der Waals surface area contributed by atoms with Crippen LogP contribution in [-0.4, -0.2) is 4.98 Å². The molecule has 0 spiro atoms. The molecule has 2 N–H and O–H groups in total. The normalized spacial score (nSPS) is 10.2. The Labute approximate surface area is 96.9 Å². The van der Waals surface area contributed by atoms with E-state index in [2.05, 4.69) is 4.98 Å². The summed E-state index contributed by atoms with van der Waals surface area (Å²) < 4.78 is 31.5. The van der Waals surface area contributed by atoms with E-state index < -0.39 is 17.4 Å². The van der Waals surface area contributed by atoms with Crippen LogP contribution in [0.4, 0.5) is 14.6 Å². The minimum atomic E-state index is -0.742. The van der Waals surface area contributed by atoms with Gasteiger partial charge in [-0.3, -0.25) is 0 Å². The van der Waals surface area contributed by atoms with Crippen LogP contribution in [0.5, 0.6) is 5.75 Å². The second kappa shape index (κ2) is 4.78. The highest BCUT2D eigenvalue weighted by molar-refractivity contribution is 5.29. The molecule has 3 nitrogen and oxygen atoms in total. The van der Waals surface area contributed by atoms with Crippen LogP contribution >= 0.6 is 0 Å². The first kappa shape index (κ1) is 11.3. The van der Waals surface area contributed by atoms with Gasteiger partial charge in [0.1, 0.15) is 12.4 Å². The molecule has 2 aromatic rings. The minimum absolute atomic E-state index is 0.0388. The molecule has 0 aliphatic heterocycles. The Kier molecular flexibility index (Phi) is 3.18. The quantitative estimate of drug-likeness (QED) is 0.890. The molecule has 2 rings (SSSR count). The van der Waals surface area contributed by atoms with Crippen LogP contribution in [-0.2, 0) is 6.61 Å². The smallest absolute Gasteiger partial charge is 0.191 e. The van der Waals surface area contributed by atoms with E-state index in [9.17, 15) is 8.78 Å². The van der Waals surface area contributed by atoms with Crippen LogP contribution in [0.15, 0.2) is 36.4 Å². The van der Waals surface area contributed by atoms with Crippen LogP contribution in [0.3, 0.4) is 0 Å². The maximum atomic E-state index is 13.2. The van der Waals surface area contributed by atoms with Gasteiger partial charge in [-0.1, -0.05) is 12.1 Å². The molecule has 0 bridgehead atoms. The fraction of sp³-hybridized carbons (Fsp3) is 0.0833. The zero-order valence-corrected chi connectivity index (χ0v) is 8.86. The molecule has 1 aromatic carbocycles. The summed E-state index contributed by atoms with van der Waals surface area (Å²) in [6.07, 6.45) is 0. The maximum Gasteiger partial charge on any atom is 0.191 e. The van der Waals surface area contributed by atoms with Crippen molar-refractivity contribution >= 4 is 5.82 Å². The van der Waals surface area contributed by atoms with Crippen molar-refractivity contribution in [3.63, 3.8) is 0 Å². The molecule has 0 fully saturated rings. The van der Waals surface area contributed by atoms with Gasteiger partial charge in [-0.05, 0) is 24.3 Å². The van der Waals surface area contributed by atoms with E-state index in [1.165, 1.54) is 6.07 Å². The molecule has 0 atom stereocenters. The highest BCUT2D eigenvalue weighted by Gasteiger charge is 2.09. The Morgan fingerprint density at radius 1 is 1.06 bits per heavy atom. The topological polar surface area (TPSA) is 48.1 Å². The number of ether oxygens (including phenoxy) is 1. The third-order valence-corrected chi connectivity index (χ3v) is 2.11. The molecule has 0 amide bonds. The Balaban J connectivity index is 2.13. The van der Waals surface area contributed by atoms with Crippen molar-refractivity contribution in [1.82, 2.24) is 4.98 Å². The maximum absolute atomic E-state index is 13.2. The Morgan fingerprint density at radius 3 is 2.35 bits per heavy atom. The van der Waals surface area contributed by atoms with E-state index in [1.54, 1.807) is 18.2 Å². The first-order valence-corrected chi connectivity index (χ1v) is 4.95.